The number of hydrogen-bond donors (Lipinski definition) is 1. The summed E-state index contributed by atoms with van der Waals surface area (Å²) in [5.74, 6) is 0. The second-order valence-electron chi connectivity index (χ2n) is 4.39. The van der Waals surface area contributed by atoms with Gasteiger partial charge in [-0.3, -0.25) is 4.68 Å². The van der Waals surface area contributed by atoms with Crippen molar-refractivity contribution in [3.63, 3.8) is 0 Å². The van der Waals surface area contributed by atoms with Crippen LogP contribution in [0.25, 0.3) is 0 Å². The van der Waals surface area contributed by atoms with Crippen LogP contribution in [0.15, 0.2) is 23.3 Å². The molecule has 0 spiro atoms. The fourth-order valence-corrected chi connectivity index (χ4v) is 2.20. The van der Waals surface area contributed by atoms with Crippen LogP contribution in [0.2, 0.25) is 0 Å². The molecule has 0 fully saturated rings. The van der Waals surface area contributed by atoms with Gasteiger partial charge in [0, 0.05) is 24.2 Å². The predicted molar refractivity (Wildman–Crippen MR) is 70.1 cm³/mol. The largest absolute Gasteiger partial charge is 0.306 e. The molecule has 0 aliphatic heterocycles. The summed E-state index contributed by atoms with van der Waals surface area (Å²) in [4.78, 5) is 4.26. The number of hydrogen-bond acceptors (Lipinski definition) is 4. The smallest absolute Gasteiger partial charge is 0.0795 e. The Hall–Kier alpha value is -1.20. The quantitative estimate of drug-likeness (QED) is 0.886. The Balaban J connectivity index is 1.89. The molecule has 92 valence electrons. The minimum Gasteiger partial charge on any atom is -0.306 e. The van der Waals surface area contributed by atoms with Crippen LogP contribution in [0.4, 0.5) is 0 Å². The summed E-state index contributed by atoms with van der Waals surface area (Å²) in [7, 11) is 0. The fourth-order valence-electron chi connectivity index (χ4n) is 1.65. The molecule has 17 heavy (non-hydrogen) atoms. The van der Waals surface area contributed by atoms with Gasteiger partial charge in [0.05, 0.1) is 23.4 Å². The van der Waals surface area contributed by atoms with E-state index in [1.165, 1.54) is 5.56 Å². The van der Waals surface area contributed by atoms with Crippen molar-refractivity contribution in [1.82, 2.24) is 20.1 Å². The Morgan fingerprint density at radius 3 is 2.88 bits per heavy atom. The minimum absolute atomic E-state index is 0.335. The maximum Gasteiger partial charge on any atom is 0.0795 e. The number of nitrogens with one attached hydrogen (secondary N) is 1. The molecule has 2 aromatic heterocycles. The zero-order valence-electron chi connectivity index (χ0n) is 10.4. The second kappa shape index (κ2) is 5.42. The fraction of sp³-hybridized carbons (Fsp3) is 0.500. The van der Waals surface area contributed by atoms with E-state index in [9.17, 15) is 0 Å². The molecular formula is C12H18N4S. The van der Waals surface area contributed by atoms with E-state index in [4.69, 9.17) is 0 Å². The van der Waals surface area contributed by atoms with Crippen molar-refractivity contribution < 1.29 is 0 Å². The van der Waals surface area contributed by atoms with Crippen molar-refractivity contribution >= 4 is 11.3 Å². The maximum atomic E-state index is 4.34. The second-order valence-corrected chi connectivity index (χ2v) is 5.11. The van der Waals surface area contributed by atoms with Gasteiger partial charge in [-0.2, -0.15) is 5.10 Å². The highest BCUT2D eigenvalue weighted by molar-refractivity contribution is 7.07. The van der Waals surface area contributed by atoms with Gasteiger partial charge < -0.3 is 5.32 Å². The van der Waals surface area contributed by atoms with Crippen molar-refractivity contribution in [3.8, 4) is 0 Å². The molecule has 0 aromatic carbocycles. The summed E-state index contributed by atoms with van der Waals surface area (Å²) in [6.45, 7) is 7.22. The third-order valence-corrected chi connectivity index (χ3v) is 3.60. The Labute approximate surface area is 106 Å². The average molecular weight is 250 g/mol. The van der Waals surface area contributed by atoms with Crippen LogP contribution in [0.5, 0.6) is 0 Å². The number of aryl methyl sites for hydroxylation is 1. The zero-order valence-corrected chi connectivity index (χ0v) is 11.2. The van der Waals surface area contributed by atoms with Crippen molar-refractivity contribution in [1.29, 1.82) is 0 Å². The summed E-state index contributed by atoms with van der Waals surface area (Å²) < 4.78 is 2.01. The molecular weight excluding hydrogens is 232 g/mol. The Morgan fingerprint density at radius 1 is 1.47 bits per heavy atom. The van der Waals surface area contributed by atoms with Crippen LogP contribution in [0.3, 0.4) is 0 Å². The highest BCUT2D eigenvalue weighted by Crippen LogP contribution is 2.11. The molecule has 5 heteroatoms. The molecule has 2 heterocycles. The first-order valence-corrected chi connectivity index (χ1v) is 6.72. The van der Waals surface area contributed by atoms with Crippen LogP contribution >= 0.6 is 11.3 Å². The Morgan fingerprint density at radius 2 is 2.29 bits per heavy atom. The molecule has 2 rings (SSSR count). The normalized spacial score (nSPS) is 14.8. The molecule has 0 saturated carbocycles. The molecule has 0 amide bonds. The first kappa shape index (κ1) is 12.3. The van der Waals surface area contributed by atoms with Crippen molar-refractivity contribution in [2.24, 2.45) is 0 Å². The van der Waals surface area contributed by atoms with Gasteiger partial charge in [0.15, 0.2) is 0 Å². The Kier molecular flexibility index (Phi) is 3.91. The monoisotopic (exact) mass is 250 g/mol. The highest BCUT2D eigenvalue weighted by Gasteiger charge is 2.14. The molecule has 0 saturated heterocycles. The number of nitrogens with zero attached hydrogens (tertiary/aromatic N) is 3. The summed E-state index contributed by atoms with van der Waals surface area (Å²) in [5.41, 5.74) is 4.16. The number of aromatic nitrogens is 3. The summed E-state index contributed by atoms with van der Waals surface area (Å²) >= 11 is 1.63. The van der Waals surface area contributed by atoms with Gasteiger partial charge in [-0.05, 0) is 26.3 Å². The van der Waals surface area contributed by atoms with Crippen LogP contribution in [0, 0.1) is 6.92 Å². The number of rotatable bonds is 5. The summed E-state index contributed by atoms with van der Waals surface area (Å²) in [6.07, 6.45) is 3.97. The number of thiazole rings is 1. The van der Waals surface area contributed by atoms with Gasteiger partial charge in [0.1, 0.15) is 0 Å². The van der Waals surface area contributed by atoms with Crippen molar-refractivity contribution in [3.05, 3.63) is 34.5 Å². The summed E-state index contributed by atoms with van der Waals surface area (Å²) in [6, 6.07) is 0.693. The lowest BCUT2D eigenvalue weighted by atomic mass is 10.1. The van der Waals surface area contributed by atoms with Crippen molar-refractivity contribution in [2.45, 2.75) is 39.4 Å². The summed E-state index contributed by atoms with van der Waals surface area (Å²) in [5, 5.41) is 9.89. The lowest BCUT2D eigenvalue weighted by Crippen LogP contribution is -2.33. The molecule has 0 bridgehead atoms. The molecule has 4 nitrogen and oxygen atoms in total. The average Bonchev–Trinajstić information content (AvgIpc) is 2.95. The van der Waals surface area contributed by atoms with E-state index in [-0.39, 0.29) is 0 Å². The van der Waals surface area contributed by atoms with Crippen LogP contribution in [0.1, 0.15) is 31.1 Å². The van der Waals surface area contributed by atoms with Gasteiger partial charge in [0.25, 0.3) is 0 Å². The lowest BCUT2D eigenvalue weighted by molar-refractivity contribution is 0.364. The molecule has 1 N–H and O–H groups in total. The van der Waals surface area contributed by atoms with E-state index in [0.29, 0.717) is 12.1 Å². The van der Waals surface area contributed by atoms with Crippen LogP contribution < -0.4 is 5.32 Å². The van der Waals surface area contributed by atoms with Crippen LogP contribution in [-0.4, -0.2) is 20.8 Å². The van der Waals surface area contributed by atoms with E-state index in [1.807, 2.05) is 16.4 Å². The van der Waals surface area contributed by atoms with Gasteiger partial charge in [-0.25, -0.2) is 4.98 Å². The third-order valence-electron chi connectivity index (χ3n) is 2.96. The standard InChI is InChI=1S/C12H18N4S/c1-9-4-15-16(6-9)11(3)10(2)13-5-12-7-17-8-14-12/h4,6-8,10-11,13H,5H2,1-3H3. The molecule has 2 unspecified atom stereocenters. The Bertz CT molecular complexity index is 449. The van der Waals surface area contributed by atoms with E-state index in [2.05, 4.69) is 47.7 Å². The minimum atomic E-state index is 0.335. The SMILES string of the molecule is Cc1cnn(C(C)C(C)NCc2cscn2)c1. The van der Waals surface area contributed by atoms with E-state index >= 15 is 0 Å². The predicted octanol–water partition coefficient (Wildman–Crippen LogP) is 2.39. The molecule has 0 radical (unpaired) electrons. The zero-order chi connectivity index (χ0) is 12.3. The topological polar surface area (TPSA) is 42.7 Å². The lowest BCUT2D eigenvalue weighted by Gasteiger charge is -2.21. The van der Waals surface area contributed by atoms with Gasteiger partial charge in [0.2, 0.25) is 0 Å². The first-order chi connectivity index (χ1) is 8.16. The van der Waals surface area contributed by atoms with Gasteiger partial charge >= 0.3 is 0 Å². The van der Waals surface area contributed by atoms with Crippen LogP contribution in [-0.2, 0) is 6.54 Å². The third kappa shape index (κ3) is 3.14. The van der Waals surface area contributed by atoms with E-state index in [1.54, 1.807) is 11.3 Å². The van der Waals surface area contributed by atoms with E-state index < -0.39 is 0 Å². The molecule has 2 aromatic rings. The van der Waals surface area contributed by atoms with E-state index in [0.717, 1.165) is 12.2 Å². The van der Waals surface area contributed by atoms with Gasteiger partial charge in [-0.15, -0.1) is 11.3 Å². The molecule has 0 aliphatic carbocycles. The first-order valence-electron chi connectivity index (χ1n) is 5.78. The maximum absolute atomic E-state index is 4.34. The molecule has 2 atom stereocenters. The molecule has 0 aliphatic rings. The van der Waals surface area contributed by atoms with Crippen molar-refractivity contribution in [2.75, 3.05) is 0 Å². The highest BCUT2D eigenvalue weighted by atomic mass is 32.1. The van der Waals surface area contributed by atoms with Gasteiger partial charge in [-0.1, -0.05) is 0 Å².